The van der Waals surface area contributed by atoms with Gasteiger partial charge in [0.05, 0.1) is 0 Å². The van der Waals surface area contributed by atoms with Crippen LogP contribution in [0.4, 0.5) is 0 Å². The summed E-state index contributed by atoms with van der Waals surface area (Å²) in [6, 6.07) is 12.3. The average molecular weight is 629 g/mol. The molecular weight excluding hydrogens is 564 g/mol. The number of phenolic OH excluding ortho intramolecular Hbond substituents is 3. The molecule has 0 fully saturated rings. The maximum absolute atomic E-state index is 10.9. The van der Waals surface area contributed by atoms with E-state index >= 15 is 0 Å². The van der Waals surface area contributed by atoms with Crippen LogP contribution in [0.25, 0.3) is 0 Å². The van der Waals surface area contributed by atoms with E-state index in [0.717, 1.165) is 39.8 Å². The Bertz CT molecular complexity index is 1370. The van der Waals surface area contributed by atoms with E-state index in [9.17, 15) is 15.3 Å². The summed E-state index contributed by atoms with van der Waals surface area (Å²) < 4.78 is 0. The summed E-state index contributed by atoms with van der Waals surface area (Å²) in [6.45, 7) is 45.7. The number of aryl methyl sites for hydroxylation is 3. The molecule has 0 radical (unpaired) electrons. The fourth-order valence-electron chi connectivity index (χ4n) is 6.11. The van der Waals surface area contributed by atoms with Crippen LogP contribution in [0.5, 0.6) is 17.2 Å². The van der Waals surface area contributed by atoms with Crippen molar-refractivity contribution in [3.63, 3.8) is 0 Å². The molecule has 0 saturated heterocycles. The molecule has 0 amide bonds. The summed E-state index contributed by atoms with van der Waals surface area (Å²) in [4.78, 5) is 0. The van der Waals surface area contributed by atoms with Gasteiger partial charge in [0.25, 0.3) is 0 Å². The van der Waals surface area contributed by atoms with Crippen LogP contribution in [0.3, 0.4) is 0 Å². The maximum atomic E-state index is 10.9. The molecule has 1 unspecified atom stereocenters. The van der Waals surface area contributed by atoms with Gasteiger partial charge >= 0.3 is 0 Å². The molecule has 0 aromatic heterocycles. The first-order chi connectivity index (χ1) is 21.1. The minimum absolute atomic E-state index is 0.0460. The highest BCUT2D eigenvalue weighted by molar-refractivity contribution is 5.53. The number of hydrogen-bond donors (Lipinski definition) is 3. The molecule has 0 heterocycles. The molecule has 3 aromatic carbocycles. The first-order valence-corrected chi connectivity index (χ1v) is 16.1. The molecule has 3 N–H and O–H groups in total. The Hall–Kier alpha value is -3.72. The Morgan fingerprint density at radius 3 is 0.978 bits per heavy atom. The minimum atomic E-state index is -0.210. The number of benzene rings is 3. The van der Waals surface area contributed by atoms with Crippen molar-refractivity contribution < 1.29 is 15.3 Å². The van der Waals surface area contributed by atoms with E-state index < -0.39 is 0 Å². The van der Waals surface area contributed by atoms with Crippen molar-refractivity contribution in [3.8, 4) is 17.2 Å². The lowest BCUT2D eigenvalue weighted by Crippen LogP contribution is -2.17. The summed E-state index contributed by atoms with van der Waals surface area (Å²) in [6.07, 6.45) is 0.847. The molecule has 0 aliphatic carbocycles. The highest BCUT2D eigenvalue weighted by Crippen LogP contribution is 2.45. The number of aromatic hydroxyl groups is 3. The highest BCUT2D eigenvalue weighted by atomic mass is 16.3. The second-order valence-electron chi connectivity index (χ2n) is 15.1. The first kappa shape index (κ1) is 42.3. The van der Waals surface area contributed by atoms with E-state index in [-0.39, 0.29) is 28.1 Å². The average Bonchev–Trinajstić information content (AvgIpc) is 2.93. The van der Waals surface area contributed by atoms with Crippen LogP contribution >= 0.6 is 0 Å². The molecule has 0 saturated carbocycles. The molecule has 0 spiro atoms. The van der Waals surface area contributed by atoms with Crippen molar-refractivity contribution in [2.45, 2.75) is 125 Å². The summed E-state index contributed by atoms with van der Waals surface area (Å²) in [5.74, 6) is 1.27. The van der Waals surface area contributed by atoms with Crippen molar-refractivity contribution in [2.24, 2.45) is 0 Å². The number of hydrogen-bond acceptors (Lipinski definition) is 3. The van der Waals surface area contributed by atoms with Gasteiger partial charge in [-0.2, -0.15) is 0 Å². The predicted octanol–water partition coefficient (Wildman–Crippen LogP) is 12.4. The molecule has 0 aliphatic rings. The van der Waals surface area contributed by atoms with Crippen LogP contribution < -0.4 is 0 Å². The lowest BCUT2D eigenvalue weighted by molar-refractivity contribution is 0.444. The first-order valence-electron chi connectivity index (χ1n) is 16.1. The van der Waals surface area contributed by atoms with Crippen molar-refractivity contribution in [2.75, 3.05) is 0 Å². The van der Waals surface area contributed by atoms with Crippen molar-refractivity contribution in [1.82, 2.24) is 0 Å². The highest BCUT2D eigenvalue weighted by Gasteiger charge is 2.29. The van der Waals surface area contributed by atoms with Gasteiger partial charge in [-0.3, -0.25) is 0 Å². The zero-order chi connectivity index (χ0) is 36.5. The number of rotatable bonds is 5. The Morgan fingerprint density at radius 1 is 0.478 bits per heavy atom. The fraction of sp³-hybridized carbons (Fsp3) is 0.442. The standard InChI is InChI=1S/C37H52O3.3C2H4/c1-21(25-18-29(35(5,6)7)32(38)15-22(25)2)14-28(26-19-30(36(8,9)10)33(39)16-23(26)3)27-20-31(37(11,12)13)34(40)17-24(27)4;3*1-2/h15-21,28,38-40H,14H2,1-13H3;3*1-2H2. The summed E-state index contributed by atoms with van der Waals surface area (Å²) >= 11 is 0. The number of phenols is 3. The molecule has 0 bridgehead atoms. The van der Waals surface area contributed by atoms with Gasteiger partial charge in [0.15, 0.2) is 0 Å². The molecule has 3 heteroatoms. The fourth-order valence-corrected chi connectivity index (χ4v) is 6.11. The van der Waals surface area contributed by atoms with E-state index in [1.54, 1.807) is 0 Å². The molecule has 3 nitrogen and oxygen atoms in total. The van der Waals surface area contributed by atoms with Crippen LogP contribution in [0, 0.1) is 20.8 Å². The van der Waals surface area contributed by atoms with Gasteiger partial charge in [-0.25, -0.2) is 0 Å². The normalized spacial score (nSPS) is 12.1. The second-order valence-corrected chi connectivity index (χ2v) is 15.1. The van der Waals surface area contributed by atoms with E-state index in [1.165, 1.54) is 16.7 Å². The maximum Gasteiger partial charge on any atom is 0.119 e. The lowest BCUT2D eigenvalue weighted by atomic mass is 9.74. The molecule has 46 heavy (non-hydrogen) atoms. The second kappa shape index (κ2) is 16.7. The molecular formula is C43H64O3. The van der Waals surface area contributed by atoms with Crippen LogP contribution in [0.15, 0.2) is 75.9 Å². The van der Waals surface area contributed by atoms with Crippen molar-refractivity contribution in [1.29, 1.82) is 0 Å². The van der Waals surface area contributed by atoms with Crippen LogP contribution in [-0.4, -0.2) is 15.3 Å². The predicted molar refractivity (Wildman–Crippen MR) is 203 cm³/mol. The topological polar surface area (TPSA) is 60.7 Å². The zero-order valence-corrected chi connectivity index (χ0v) is 31.4. The third-order valence-corrected chi connectivity index (χ3v) is 8.45. The lowest BCUT2D eigenvalue weighted by Gasteiger charge is -2.31. The molecule has 3 aromatic rings. The van der Waals surface area contributed by atoms with Crippen LogP contribution in [0.2, 0.25) is 0 Å². The summed E-state index contributed by atoms with van der Waals surface area (Å²) in [5, 5.41) is 32.6. The van der Waals surface area contributed by atoms with E-state index in [4.69, 9.17) is 0 Å². The van der Waals surface area contributed by atoms with Gasteiger partial charge < -0.3 is 15.3 Å². The molecule has 3 rings (SSSR count). The largest absolute Gasteiger partial charge is 0.508 e. The van der Waals surface area contributed by atoms with Crippen molar-refractivity contribution in [3.05, 3.63) is 126 Å². The van der Waals surface area contributed by atoms with Gasteiger partial charge in [-0.15, -0.1) is 39.5 Å². The van der Waals surface area contributed by atoms with Crippen LogP contribution in [0.1, 0.15) is 138 Å². The summed E-state index contributed by atoms with van der Waals surface area (Å²) in [5.41, 5.74) is 9.11. The Balaban J connectivity index is 0.00000318. The zero-order valence-electron chi connectivity index (χ0n) is 31.4. The van der Waals surface area contributed by atoms with Gasteiger partial charge in [0, 0.05) is 5.92 Å². The molecule has 1 atom stereocenters. The molecule has 254 valence electrons. The quantitative estimate of drug-likeness (QED) is 0.246. The Labute approximate surface area is 282 Å². The smallest absolute Gasteiger partial charge is 0.119 e. The molecule has 0 aliphatic heterocycles. The van der Waals surface area contributed by atoms with Gasteiger partial charge in [0.1, 0.15) is 17.2 Å². The van der Waals surface area contributed by atoms with Gasteiger partial charge in [0.2, 0.25) is 0 Å². The van der Waals surface area contributed by atoms with E-state index in [1.807, 2.05) is 18.2 Å². The Morgan fingerprint density at radius 2 is 0.717 bits per heavy atom. The van der Waals surface area contributed by atoms with E-state index in [0.29, 0.717) is 17.2 Å². The van der Waals surface area contributed by atoms with Crippen LogP contribution in [-0.2, 0) is 16.2 Å². The summed E-state index contributed by atoms with van der Waals surface area (Å²) in [7, 11) is 0. The minimum Gasteiger partial charge on any atom is -0.508 e. The SMILES string of the molecule is C=C.C=C.C=C.Cc1cc(O)c(C(C)(C)C)cc1C(C)CC(c1cc(C(C)(C)C)c(O)cc1C)c1cc(C(C)(C)C)c(O)cc1C. The third kappa shape index (κ3) is 10.1. The monoisotopic (exact) mass is 628 g/mol. The Kier molecular flexibility index (Phi) is 15.4. The third-order valence-electron chi connectivity index (χ3n) is 8.45. The van der Waals surface area contributed by atoms with Crippen molar-refractivity contribution >= 4 is 0 Å². The van der Waals surface area contributed by atoms with Gasteiger partial charge in [-0.1, -0.05) is 87.4 Å². The van der Waals surface area contributed by atoms with E-state index in [2.05, 4.69) is 148 Å². The van der Waals surface area contributed by atoms with Gasteiger partial charge in [-0.05, 0) is 118 Å².